The Kier molecular flexibility index (Phi) is 6.17. The second kappa shape index (κ2) is 9.01. The van der Waals surface area contributed by atoms with E-state index in [1.807, 2.05) is 36.6 Å². The summed E-state index contributed by atoms with van der Waals surface area (Å²) in [7, 11) is 0. The molecule has 2 aromatic carbocycles. The summed E-state index contributed by atoms with van der Waals surface area (Å²) in [6, 6.07) is 18.0. The average Bonchev–Trinajstić information content (AvgIpc) is 3.34. The van der Waals surface area contributed by atoms with Gasteiger partial charge in [0.2, 0.25) is 0 Å². The van der Waals surface area contributed by atoms with Crippen LogP contribution in [0.5, 0.6) is 0 Å². The van der Waals surface area contributed by atoms with E-state index in [2.05, 4.69) is 5.43 Å². The number of para-hydroxylation sites is 1. The number of thiocarbonyl (C=S) groups is 1. The molecule has 1 amide bonds. The van der Waals surface area contributed by atoms with Crippen LogP contribution in [-0.2, 0) is 4.79 Å². The number of furan rings is 1. The van der Waals surface area contributed by atoms with E-state index in [4.69, 9.17) is 16.6 Å². The lowest BCUT2D eigenvalue weighted by atomic mass is 10.2. The Bertz CT molecular complexity index is 1200. The Morgan fingerprint density at radius 1 is 1.16 bits per heavy atom. The number of carboxylic acid groups (broad SMARTS) is 1. The molecular formula is C22H16N2O4S3. The van der Waals surface area contributed by atoms with Crippen LogP contribution >= 0.6 is 35.7 Å². The van der Waals surface area contributed by atoms with Crippen LogP contribution < -0.4 is 5.43 Å². The van der Waals surface area contributed by atoms with Gasteiger partial charge in [0.15, 0.2) is 4.32 Å². The van der Waals surface area contributed by atoms with Crippen molar-refractivity contribution in [3.8, 4) is 11.3 Å². The minimum atomic E-state index is -1.10. The van der Waals surface area contributed by atoms with Crippen molar-refractivity contribution in [3.63, 3.8) is 0 Å². The van der Waals surface area contributed by atoms with Crippen LogP contribution in [0, 0.1) is 0 Å². The number of carboxylic acids is 1. The summed E-state index contributed by atoms with van der Waals surface area (Å²) in [6.45, 7) is 0. The number of rotatable bonds is 6. The summed E-state index contributed by atoms with van der Waals surface area (Å²) in [4.78, 5) is 25.8. The molecule has 1 saturated heterocycles. The molecule has 0 spiro atoms. The molecule has 0 radical (unpaired) electrons. The van der Waals surface area contributed by atoms with Gasteiger partial charge in [0.25, 0.3) is 5.91 Å². The van der Waals surface area contributed by atoms with E-state index in [0.717, 1.165) is 22.2 Å². The monoisotopic (exact) mass is 468 g/mol. The van der Waals surface area contributed by atoms with Crippen molar-refractivity contribution < 1.29 is 19.1 Å². The molecule has 0 unspecified atom stereocenters. The fourth-order valence-corrected chi connectivity index (χ4v) is 4.49. The quantitative estimate of drug-likeness (QED) is 0.275. The van der Waals surface area contributed by atoms with Crippen molar-refractivity contribution in [2.75, 3.05) is 11.7 Å². The normalized spacial score (nSPS) is 15.0. The Morgan fingerprint density at radius 3 is 2.61 bits per heavy atom. The minimum Gasteiger partial charge on any atom is -0.478 e. The Morgan fingerprint density at radius 2 is 1.90 bits per heavy atom. The minimum absolute atomic E-state index is 0.0451. The number of carbonyl (C=O) groups excluding carboxylic acids is 1. The van der Waals surface area contributed by atoms with Crippen molar-refractivity contribution in [1.82, 2.24) is 5.01 Å². The zero-order valence-electron chi connectivity index (χ0n) is 16.2. The van der Waals surface area contributed by atoms with E-state index in [1.54, 1.807) is 42.1 Å². The second-order valence-electron chi connectivity index (χ2n) is 6.41. The van der Waals surface area contributed by atoms with Gasteiger partial charge in [-0.15, -0.1) is 11.8 Å². The first-order valence-electron chi connectivity index (χ1n) is 9.07. The first-order valence-corrected chi connectivity index (χ1v) is 11.5. The average molecular weight is 469 g/mol. The zero-order chi connectivity index (χ0) is 22.0. The molecule has 1 fully saturated rings. The number of anilines is 1. The van der Waals surface area contributed by atoms with Gasteiger partial charge in [-0.2, -0.15) is 0 Å². The number of thioether (sulfide) groups is 2. The van der Waals surface area contributed by atoms with Crippen LogP contribution in [0.2, 0.25) is 0 Å². The van der Waals surface area contributed by atoms with Crippen molar-refractivity contribution in [2.45, 2.75) is 4.90 Å². The van der Waals surface area contributed by atoms with Gasteiger partial charge in [-0.25, -0.2) is 9.80 Å². The predicted molar refractivity (Wildman–Crippen MR) is 128 cm³/mol. The third-order valence-electron chi connectivity index (χ3n) is 4.46. The summed E-state index contributed by atoms with van der Waals surface area (Å²) in [5.74, 6) is -0.256. The van der Waals surface area contributed by atoms with Crippen molar-refractivity contribution >= 4 is 63.7 Å². The molecule has 1 aliphatic rings. The lowest BCUT2D eigenvalue weighted by molar-refractivity contribution is -0.121. The molecule has 9 heteroatoms. The van der Waals surface area contributed by atoms with Gasteiger partial charge < -0.3 is 9.52 Å². The van der Waals surface area contributed by atoms with Gasteiger partial charge in [-0.05, 0) is 54.9 Å². The third kappa shape index (κ3) is 4.53. The zero-order valence-corrected chi connectivity index (χ0v) is 18.6. The molecule has 4 rings (SSSR count). The number of nitrogens with one attached hydrogen (secondary N) is 1. The van der Waals surface area contributed by atoms with Crippen LogP contribution in [-0.4, -0.2) is 32.6 Å². The maximum absolute atomic E-state index is 12.8. The highest BCUT2D eigenvalue weighted by Crippen LogP contribution is 2.34. The molecule has 6 nitrogen and oxygen atoms in total. The number of nitrogens with zero attached hydrogens (tertiary/aromatic N) is 1. The van der Waals surface area contributed by atoms with E-state index in [0.29, 0.717) is 16.4 Å². The predicted octanol–water partition coefficient (Wildman–Crippen LogP) is 5.60. The number of aromatic carboxylic acids is 1. The standard InChI is InChI=1S/C22H16N2O4S3/c1-30-15-9-6-13(7-10-15)18-11-8-14(28-18)12-19-20(25)24(22(29)31-19)23-17-5-3-2-4-16(17)21(26)27/h2-12,23H,1H3,(H,26,27). The van der Waals surface area contributed by atoms with Crippen LogP contribution in [0.4, 0.5) is 5.69 Å². The SMILES string of the molecule is CSc1ccc(-c2ccc(C=C3SC(=S)N(Nc4ccccc4C(=O)O)C3=O)o2)cc1. The highest BCUT2D eigenvalue weighted by molar-refractivity contribution is 8.26. The number of carbonyl (C=O) groups is 2. The van der Waals surface area contributed by atoms with E-state index in [1.165, 1.54) is 11.1 Å². The molecule has 31 heavy (non-hydrogen) atoms. The van der Waals surface area contributed by atoms with Crippen molar-refractivity contribution in [2.24, 2.45) is 0 Å². The highest BCUT2D eigenvalue weighted by Gasteiger charge is 2.33. The highest BCUT2D eigenvalue weighted by atomic mass is 32.2. The fraction of sp³-hybridized carbons (Fsp3) is 0.0455. The molecule has 2 heterocycles. The Balaban J connectivity index is 1.54. The van der Waals surface area contributed by atoms with Crippen molar-refractivity contribution in [3.05, 3.63) is 76.9 Å². The maximum Gasteiger partial charge on any atom is 0.337 e. The Hall–Kier alpha value is -3.01. The lowest BCUT2D eigenvalue weighted by Gasteiger charge is -2.18. The summed E-state index contributed by atoms with van der Waals surface area (Å²) >= 11 is 8.09. The van der Waals surface area contributed by atoms with Gasteiger partial charge in [-0.3, -0.25) is 10.2 Å². The molecule has 156 valence electrons. The molecule has 0 saturated carbocycles. The lowest BCUT2D eigenvalue weighted by Crippen LogP contribution is -2.34. The van der Waals surface area contributed by atoms with Gasteiger partial charge in [0, 0.05) is 16.5 Å². The van der Waals surface area contributed by atoms with E-state index >= 15 is 0 Å². The molecule has 1 aromatic heterocycles. The third-order valence-corrected chi connectivity index (χ3v) is 6.50. The molecule has 2 N–H and O–H groups in total. The van der Waals surface area contributed by atoms with Crippen LogP contribution in [0.3, 0.4) is 0 Å². The van der Waals surface area contributed by atoms with E-state index < -0.39 is 5.97 Å². The van der Waals surface area contributed by atoms with Gasteiger partial charge in [-0.1, -0.05) is 36.0 Å². The number of benzene rings is 2. The Labute approximate surface area is 192 Å². The molecule has 0 bridgehead atoms. The largest absolute Gasteiger partial charge is 0.478 e. The van der Waals surface area contributed by atoms with Gasteiger partial charge in [0.1, 0.15) is 11.5 Å². The molecule has 1 aliphatic heterocycles. The first kappa shape index (κ1) is 21.2. The molecule has 0 atom stereocenters. The number of hydrazine groups is 1. The molecule has 3 aromatic rings. The molecule has 0 aliphatic carbocycles. The fourth-order valence-electron chi connectivity index (χ4n) is 2.92. The first-order chi connectivity index (χ1) is 15.0. The van der Waals surface area contributed by atoms with Crippen LogP contribution in [0.15, 0.2) is 74.9 Å². The summed E-state index contributed by atoms with van der Waals surface area (Å²) in [6.07, 6.45) is 3.65. The number of hydrogen-bond acceptors (Lipinski definition) is 7. The smallest absolute Gasteiger partial charge is 0.337 e. The van der Waals surface area contributed by atoms with Crippen LogP contribution in [0.25, 0.3) is 17.4 Å². The number of hydrogen-bond donors (Lipinski definition) is 2. The summed E-state index contributed by atoms with van der Waals surface area (Å²) in [5.41, 5.74) is 4.08. The second-order valence-corrected chi connectivity index (χ2v) is 8.97. The summed E-state index contributed by atoms with van der Waals surface area (Å²) < 4.78 is 6.16. The maximum atomic E-state index is 12.8. The van der Waals surface area contributed by atoms with Gasteiger partial charge >= 0.3 is 5.97 Å². The van der Waals surface area contributed by atoms with E-state index in [9.17, 15) is 14.7 Å². The number of amides is 1. The molecular weight excluding hydrogens is 452 g/mol. The van der Waals surface area contributed by atoms with Gasteiger partial charge in [0.05, 0.1) is 16.2 Å². The van der Waals surface area contributed by atoms with Crippen molar-refractivity contribution in [1.29, 1.82) is 0 Å². The summed E-state index contributed by atoms with van der Waals surface area (Å²) in [5, 5.41) is 10.5. The van der Waals surface area contributed by atoms with E-state index in [-0.39, 0.29) is 21.5 Å². The van der Waals surface area contributed by atoms with Crippen LogP contribution in [0.1, 0.15) is 16.1 Å². The topological polar surface area (TPSA) is 82.8 Å².